The van der Waals surface area contributed by atoms with Crippen LogP contribution in [-0.4, -0.2) is 59.5 Å². The number of rotatable bonds is 10. The molecule has 2 aliphatic rings. The van der Waals surface area contributed by atoms with Crippen LogP contribution in [0, 0.1) is 0 Å². The highest BCUT2D eigenvalue weighted by Crippen LogP contribution is 2.29. The molecule has 33 heavy (non-hydrogen) atoms. The standard InChI is InChI=1S/C28H41N3O2/c1-2-3-10-23-21-24-11-9-15-29-28(24)26(22-23)33-25-13-19-30(20-14-25)16-8-5-12-27(32)31-17-6-4-7-18-31/h9,11,15,21-22,25H,2-8,10,12-14,16-20H2,1H3. The van der Waals surface area contributed by atoms with Gasteiger partial charge in [-0.25, -0.2) is 0 Å². The van der Waals surface area contributed by atoms with Gasteiger partial charge in [0.2, 0.25) is 5.91 Å². The maximum absolute atomic E-state index is 12.3. The van der Waals surface area contributed by atoms with E-state index in [9.17, 15) is 4.79 Å². The molecule has 0 atom stereocenters. The van der Waals surface area contributed by atoms with E-state index in [2.05, 4.69) is 39.9 Å². The number of hydrogen-bond donors (Lipinski definition) is 0. The summed E-state index contributed by atoms with van der Waals surface area (Å²) in [5.41, 5.74) is 2.34. The predicted octanol–water partition coefficient (Wildman–Crippen LogP) is 5.60. The van der Waals surface area contributed by atoms with E-state index in [1.165, 1.54) is 43.1 Å². The van der Waals surface area contributed by atoms with Gasteiger partial charge in [-0.1, -0.05) is 19.4 Å². The Morgan fingerprint density at radius 3 is 2.67 bits per heavy atom. The highest BCUT2D eigenvalue weighted by atomic mass is 16.5. The molecule has 0 radical (unpaired) electrons. The maximum atomic E-state index is 12.3. The third-order valence-corrected chi connectivity index (χ3v) is 7.20. The molecule has 0 aliphatic carbocycles. The van der Waals surface area contributed by atoms with Crippen LogP contribution in [0.4, 0.5) is 0 Å². The number of pyridine rings is 1. The molecule has 4 rings (SSSR count). The molecule has 0 spiro atoms. The van der Waals surface area contributed by atoms with Crippen molar-refractivity contribution in [3.05, 3.63) is 36.0 Å². The van der Waals surface area contributed by atoms with Crippen molar-refractivity contribution < 1.29 is 9.53 Å². The molecular weight excluding hydrogens is 410 g/mol. The molecule has 2 aliphatic heterocycles. The molecule has 2 aromatic rings. The van der Waals surface area contributed by atoms with Gasteiger partial charge in [0.05, 0.1) is 0 Å². The predicted molar refractivity (Wildman–Crippen MR) is 135 cm³/mol. The third kappa shape index (κ3) is 6.92. The van der Waals surface area contributed by atoms with Crippen molar-refractivity contribution in [1.29, 1.82) is 0 Å². The monoisotopic (exact) mass is 451 g/mol. The van der Waals surface area contributed by atoms with Gasteiger partial charge < -0.3 is 14.5 Å². The van der Waals surface area contributed by atoms with Gasteiger partial charge in [-0.05, 0) is 88.1 Å². The molecule has 2 fully saturated rings. The van der Waals surface area contributed by atoms with Gasteiger partial charge in [-0.3, -0.25) is 9.78 Å². The molecule has 180 valence electrons. The Morgan fingerprint density at radius 1 is 1.06 bits per heavy atom. The number of aromatic nitrogens is 1. The second-order valence-electron chi connectivity index (χ2n) is 9.83. The van der Waals surface area contributed by atoms with Gasteiger partial charge in [0.25, 0.3) is 0 Å². The Labute approximate surface area is 199 Å². The van der Waals surface area contributed by atoms with E-state index in [4.69, 9.17) is 4.74 Å². The Balaban J connectivity index is 1.21. The number of piperidine rings is 2. The molecule has 1 amide bonds. The first-order valence-corrected chi connectivity index (χ1v) is 13.3. The summed E-state index contributed by atoms with van der Waals surface area (Å²) in [7, 11) is 0. The van der Waals surface area contributed by atoms with Crippen molar-refractivity contribution in [1.82, 2.24) is 14.8 Å². The summed E-state index contributed by atoms with van der Waals surface area (Å²) in [6, 6.07) is 8.64. The molecule has 1 aromatic carbocycles. The van der Waals surface area contributed by atoms with Crippen molar-refractivity contribution in [3.8, 4) is 5.75 Å². The number of likely N-dealkylation sites (tertiary alicyclic amines) is 2. The lowest BCUT2D eigenvalue weighted by Gasteiger charge is -2.32. The molecule has 0 saturated carbocycles. The van der Waals surface area contributed by atoms with E-state index in [1.54, 1.807) is 0 Å². The second kappa shape index (κ2) is 12.4. The number of ether oxygens (including phenoxy) is 1. The molecule has 2 saturated heterocycles. The lowest BCUT2D eigenvalue weighted by Crippen LogP contribution is -2.39. The average molecular weight is 452 g/mol. The summed E-state index contributed by atoms with van der Waals surface area (Å²) in [6.45, 7) is 7.42. The average Bonchev–Trinajstić information content (AvgIpc) is 2.86. The summed E-state index contributed by atoms with van der Waals surface area (Å²) in [5.74, 6) is 1.32. The summed E-state index contributed by atoms with van der Waals surface area (Å²) < 4.78 is 6.52. The van der Waals surface area contributed by atoms with Crippen molar-refractivity contribution in [2.24, 2.45) is 0 Å². The number of fused-ring (bicyclic) bond motifs is 1. The Bertz CT molecular complexity index is 886. The molecule has 5 heteroatoms. The number of aryl methyl sites for hydroxylation is 1. The largest absolute Gasteiger partial charge is 0.488 e. The SMILES string of the molecule is CCCCc1cc(OC2CCN(CCCCC(=O)N3CCCCC3)CC2)c2ncccc2c1. The fourth-order valence-electron chi connectivity index (χ4n) is 5.18. The van der Waals surface area contributed by atoms with Gasteiger partial charge in [0.1, 0.15) is 17.4 Å². The number of benzene rings is 1. The Kier molecular flexibility index (Phi) is 8.99. The summed E-state index contributed by atoms with van der Waals surface area (Å²) in [4.78, 5) is 21.6. The quantitative estimate of drug-likeness (QED) is 0.441. The first-order chi connectivity index (χ1) is 16.2. The lowest BCUT2D eigenvalue weighted by molar-refractivity contribution is -0.132. The summed E-state index contributed by atoms with van der Waals surface area (Å²) in [6.07, 6.45) is 14.2. The van der Waals surface area contributed by atoms with E-state index in [0.717, 1.165) is 76.1 Å². The maximum Gasteiger partial charge on any atom is 0.222 e. The molecule has 1 aromatic heterocycles. The van der Waals surface area contributed by atoms with Crippen molar-refractivity contribution in [3.63, 3.8) is 0 Å². The fourth-order valence-corrected chi connectivity index (χ4v) is 5.18. The third-order valence-electron chi connectivity index (χ3n) is 7.20. The summed E-state index contributed by atoms with van der Waals surface area (Å²) >= 11 is 0. The molecule has 0 bridgehead atoms. The number of unbranched alkanes of at least 4 members (excludes halogenated alkanes) is 2. The normalized spacial score (nSPS) is 18.0. The number of carbonyl (C=O) groups excluding carboxylic acids is 1. The first-order valence-electron chi connectivity index (χ1n) is 13.3. The minimum Gasteiger partial charge on any atom is -0.488 e. The number of hydrogen-bond acceptors (Lipinski definition) is 4. The lowest BCUT2D eigenvalue weighted by atomic mass is 10.0. The number of carbonyl (C=O) groups is 1. The van der Waals surface area contributed by atoms with E-state index >= 15 is 0 Å². The topological polar surface area (TPSA) is 45.7 Å². The molecule has 5 nitrogen and oxygen atoms in total. The Hall–Kier alpha value is -2.14. The highest BCUT2D eigenvalue weighted by Gasteiger charge is 2.22. The van der Waals surface area contributed by atoms with Crippen LogP contribution >= 0.6 is 0 Å². The summed E-state index contributed by atoms with van der Waals surface area (Å²) in [5, 5.41) is 1.18. The minimum atomic E-state index is 0.258. The number of nitrogens with zero attached hydrogens (tertiary/aromatic N) is 3. The minimum absolute atomic E-state index is 0.258. The van der Waals surface area contributed by atoms with E-state index in [-0.39, 0.29) is 6.10 Å². The Morgan fingerprint density at radius 2 is 1.88 bits per heavy atom. The van der Waals surface area contributed by atoms with Gasteiger partial charge in [-0.2, -0.15) is 0 Å². The van der Waals surface area contributed by atoms with Gasteiger partial charge in [0, 0.05) is 44.2 Å². The van der Waals surface area contributed by atoms with Crippen LogP contribution in [0.1, 0.15) is 76.7 Å². The van der Waals surface area contributed by atoms with Crippen LogP contribution in [0.25, 0.3) is 10.9 Å². The van der Waals surface area contributed by atoms with Crippen molar-refractivity contribution in [2.75, 3.05) is 32.7 Å². The van der Waals surface area contributed by atoms with E-state index < -0.39 is 0 Å². The van der Waals surface area contributed by atoms with Crippen LogP contribution in [-0.2, 0) is 11.2 Å². The van der Waals surface area contributed by atoms with Crippen LogP contribution in [0.2, 0.25) is 0 Å². The van der Waals surface area contributed by atoms with Crippen LogP contribution in [0.3, 0.4) is 0 Å². The van der Waals surface area contributed by atoms with E-state index in [0.29, 0.717) is 12.3 Å². The molecule has 3 heterocycles. The zero-order valence-electron chi connectivity index (χ0n) is 20.4. The molecule has 0 unspecified atom stereocenters. The first kappa shape index (κ1) is 24.0. The van der Waals surface area contributed by atoms with Crippen molar-refractivity contribution in [2.45, 2.75) is 83.7 Å². The van der Waals surface area contributed by atoms with Crippen LogP contribution in [0.5, 0.6) is 5.75 Å². The molecule has 0 N–H and O–H groups in total. The smallest absolute Gasteiger partial charge is 0.222 e. The van der Waals surface area contributed by atoms with Gasteiger partial charge >= 0.3 is 0 Å². The zero-order chi connectivity index (χ0) is 22.9. The molecular formula is C28H41N3O2. The zero-order valence-corrected chi connectivity index (χ0v) is 20.4. The van der Waals surface area contributed by atoms with Crippen LogP contribution < -0.4 is 4.74 Å². The second-order valence-corrected chi connectivity index (χ2v) is 9.83. The van der Waals surface area contributed by atoms with E-state index in [1.807, 2.05) is 12.3 Å². The van der Waals surface area contributed by atoms with Crippen LogP contribution in [0.15, 0.2) is 30.5 Å². The highest BCUT2D eigenvalue weighted by molar-refractivity contribution is 5.85. The fraction of sp³-hybridized carbons (Fsp3) is 0.643. The van der Waals surface area contributed by atoms with Gasteiger partial charge in [-0.15, -0.1) is 0 Å². The number of amides is 1. The van der Waals surface area contributed by atoms with Gasteiger partial charge in [0.15, 0.2) is 0 Å². The van der Waals surface area contributed by atoms with Crippen molar-refractivity contribution >= 4 is 16.8 Å².